The Balaban J connectivity index is 1.68. The van der Waals surface area contributed by atoms with E-state index in [1.54, 1.807) is 19.5 Å². The molecule has 1 aromatic heterocycles. The molecule has 3 aliphatic rings. The highest BCUT2D eigenvalue weighted by Crippen LogP contribution is 2.41. The maximum atomic E-state index is 13.1. The van der Waals surface area contributed by atoms with E-state index in [2.05, 4.69) is 4.98 Å². The van der Waals surface area contributed by atoms with Gasteiger partial charge in [0.1, 0.15) is 18.2 Å². The van der Waals surface area contributed by atoms with Gasteiger partial charge in [0, 0.05) is 6.54 Å². The smallest absolute Gasteiger partial charge is 0.359 e. The molecule has 0 radical (unpaired) electrons. The molecule has 0 spiro atoms. The molecular formula is C19H19N3O4. The highest BCUT2D eigenvalue weighted by molar-refractivity contribution is 6.00. The van der Waals surface area contributed by atoms with Gasteiger partial charge in [0.05, 0.1) is 30.1 Å². The summed E-state index contributed by atoms with van der Waals surface area (Å²) in [6, 6.07) is 5.25. The molecule has 7 nitrogen and oxygen atoms in total. The molecule has 134 valence electrons. The van der Waals surface area contributed by atoms with E-state index in [0.717, 1.165) is 37.1 Å². The van der Waals surface area contributed by atoms with Gasteiger partial charge in [0.15, 0.2) is 5.69 Å². The van der Waals surface area contributed by atoms with E-state index < -0.39 is 5.97 Å². The normalized spacial score (nSPS) is 20.9. The minimum absolute atomic E-state index is 0.0171. The van der Waals surface area contributed by atoms with Gasteiger partial charge in [-0.2, -0.15) is 0 Å². The molecule has 1 aliphatic carbocycles. The lowest BCUT2D eigenvalue weighted by Gasteiger charge is -2.22. The first kappa shape index (κ1) is 15.4. The summed E-state index contributed by atoms with van der Waals surface area (Å²) >= 11 is 0. The number of amides is 1. The number of imidazole rings is 1. The molecule has 1 aromatic carbocycles. The summed E-state index contributed by atoms with van der Waals surface area (Å²) in [5.74, 6) is 0.203. The van der Waals surface area contributed by atoms with Crippen LogP contribution >= 0.6 is 0 Å². The highest BCUT2D eigenvalue weighted by atomic mass is 16.5. The Kier molecular flexibility index (Phi) is 3.32. The van der Waals surface area contributed by atoms with Crippen LogP contribution in [0.25, 0.3) is 5.69 Å². The molecule has 1 amide bonds. The van der Waals surface area contributed by atoms with Crippen molar-refractivity contribution < 1.29 is 19.1 Å². The average Bonchev–Trinajstić information content (AvgIpc) is 3.19. The van der Waals surface area contributed by atoms with Gasteiger partial charge in [-0.25, -0.2) is 9.78 Å². The molecule has 5 rings (SSSR count). The third-order valence-corrected chi connectivity index (χ3v) is 5.32. The fourth-order valence-electron chi connectivity index (χ4n) is 3.89. The first-order chi connectivity index (χ1) is 12.7. The quantitative estimate of drug-likeness (QED) is 0.793. The zero-order valence-electron chi connectivity index (χ0n) is 14.5. The number of carbonyl (C=O) groups is 2. The number of ether oxygens (including phenoxy) is 2. The Morgan fingerprint density at radius 1 is 1.27 bits per heavy atom. The minimum Gasteiger partial charge on any atom is -0.497 e. The van der Waals surface area contributed by atoms with E-state index in [9.17, 15) is 9.59 Å². The van der Waals surface area contributed by atoms with Crippen molar-refractivity contribution in [1.29, 1.82) is 0 Å². The van der Waals surface area contributed by atoms with Crippen molar-refractivity contribution in [1.82, 2.24) is 14.5 Å². The largest absolute Gasteiger partial charge is 0.497 e. The van der Waals surface area contributed by atoms with Crippen molar-refractivity contribution in [3.63, 3.8) is 0 Å². The number of fused-ring (bicyclic) bond motifs is 5. The summed E-state index contributed by atoms with van der Waals surface area (Å²) < 4.78 is 12.6. The number of rotatable bonds is 3. The van der Waals surface area contributed by atoms with Crippen molar-refractivity contribution in [2.75, 3.05) is 13.7 Å². The van der Waals surface area contributed by atoms with E-state index in [0.29, 0.717) is 23.6 Å². The Morgan fingerprint density at radius 3 is 2.88 bits per heavy atom. The highest BCUT2D eigenvalue weighted by Gasteiger charge is 2.41. The lowest BCUT2D eigenvalue weighted by atomic mass is 10.1. The van der Waals surface area contributed by atoms with Gasteiger partial charge in [-0.1, -0.05) is 0 Å². The Hall–Kier alpha value is -2.83. The van der Waals surface area contributed by atoms with Crippen LogP contribution in [0.2, 0.25) is 0 Å². The summed E-state index contributed by atoms with van der Waals surface area (Å²) in [6.45, 7) is 0.669. The van der Waals surface area contributed by atoms with Crippen LogP contribution in [0.1, 0.15) is 58.3 Å². The maximum absolute atomic E-state index is 13.1. The fourth-order valence-corrected chi connectivity index (χ4v) is 3.89. The van der Waals surface area contributed by atoms with E-state index in [-0.39, 0.29) is 18.1 Å². The summed E-state index contributed by atoms with van der Waals surface area (Å²) in [5.41, 5.74) is 2.36. The first-order valence-corrected chi connectivity index (χ1v) is 8.95. The molecule has 1 saturated heterocycles. The van der Waals surface area contributed by atoms with Crippen LogP contribution in [0.4, 0.5) is 0 Å². The Bertz CT molecular complexity index is 916. The SMILES string of the molecule is COc1ccc2c(c1)C(=O)N1CCC[C@H]1c1c(C(=O)OC3CC3)ncn1-2. The van der Waals surface area contributed by atoms with E-state index in [1.165, 1.54) is 0 Å². The van der Waals surface area contributed by atoms with Crippen molar-refractivity contribution in [3.05, 3.63) is 41.5 Å². The number of hydrogen-bond donors (Lipinski definition) is 0. The first-order valence-electron chi connectivity index (χ1n) is 8.95. The van der Waals surface area contributed by atoms with Crippen LogP contribution in [0, 0.1) is 0 Å². The molecule has 0 unspecified atom stereocenters. The second kappa shape index (κ2) is 5.59. The summed E-state index contributed by atoms with van der Waals surface area (Å²) in [6.07, 6.45) is 5.18. The number of benzene rings is 1. The zero-order chi connectivity index (χ0) is 17.8. The van der Waals surface area contributed by atoms with Crippen LogP contribution in [0.15, 0.2) is 24.5 Å². The number of nitrogens with zero attached hydrogens (tertiary/aromatic N) is 3. The van der Waals surface area contributed by atoms with Crippen LogP contribution in [-0.2, 0) is 4.74 Å². The van der Waals surface area contributed by atoms with Gasteiger partial charge in [0.2, 0.25) is 0 Å². The van der Waals surface area contributed by atoms with Crippen molar-refractivity contribution >= 4 is 11.9 Å². The van der Waals surface area contributed by atoms with Gasteiger partial charge >= 0.3 is 5.97 Å². The Labute approximate surface area is 150 Å². The van der Waals surface area contributed by atoms with Gasteiger partial charge in [-0.05, 0) is 43.9 Å². The van der Waals surface area contributed by atoms with Crippen LogP contribution in [-0.4, -0.2) is 46.1 Å². The number of hydrogen-bond acceptors (Lipinski definition) is 5. The van der Waals surface area contributed by atoms with E-state index in [1.807, 2.05) is 21.6 Å². The van der Waals surface area contributed by atoms with Gasteiger partial charge in [0.25, 0.3) is 5.91 Å². The number of esters is 1. The number of carbonyl (C=O) groups excluding carboxylic acids is 2. The Morgan fingerprint density at radius 2 is 2.12 bits per heavy atom. The van der Waals surface area contributed by atoms with Crippen LogP contribution in [0.3, 0.4) is 0 Å². The molecule has 7 heteroatoms. The summed E-state index contributed by atoms with van der Waals surface area (Å²) in [4.78, 5) is 31.9. The lowest BCUT2D eigenvalue weighted by Crippen LogP contribution is -2.30. The average molecular weight is 353 g/mol. The molecule has 2 aliphatic heterocycles. The second-order valence-corrected chi connectivity index (χ2v) is 6.99. The topological polar surface area (TPSA) is 73.7 Å². The van der Waals surface area contributed by atoms with Crippen molar-refractivity contribution in [3.8, 4) is 11.4 Å². The minimum atomic E-state index is -0.391. The predicted octanol–water partition coefficient (Wildman–Crippen LogP) is 2.49. The fraction of sp³-hybridized carbons (Fsp3) is 0.421. The molecule has 1 atom stereocenters. The molecule has 26 heavy (non-hydrogen) atoms. The molecule has 2 aromatic rings. The van der Waals surface area contributed by atoms with Crippen LogP contribution in [0.5, 0.6) is 5.75 Å². The van der Waals surface area contributed by atoms with Gasteiger partial charge in [-0.3, -0.25) is 9.36 Å². The third kappa shape index (κ3) is 2.23. The van der Waals surface area contributed by atoms with Crippen LogP contribution < -0.4 is 4.74 Å². The molecule has 0 bridgehead atoms. The maximum Gasteiger partial charge on any atom is 0.359 e. The molecule has 1 saturated carbocycles. The predicted molar refractivity (Wildman–Crippen MR) is 91.6 cm³/mol. The molecule has 3 heterocycles. The van der Waals surface area contributed by atoms with Crippen molar-refractivity contribution in [2.45, 2.75) is 37.8 Å². The lowest BCUT2D eigenvalue weighted by molar-refractivity contribution is 0.0459. The van der Waals surface area contributed by atoms with E-state index in [4.69, 9.17) is 9.47 Å². The number of aromatic nitrogens is 2. The standard InChI is InChI=1S/C19H19N3O4/c1-25-12-6-7-14-13(9-12)18(23)21-8-2-3-15(21)17-16(20-10-22(14)17)19(24)26-11-4-5-11/h6-7,9-11,15H,2-5,8H2,1H3/t15-/m0/s1. The van der Waals surface area contributed by atoms with E-state index >= 15 is 0 Å². The second-order valence-electron chi connectivity index (χ2n) is 6.99. The van der Waals surface area contributed by atoms with Gasteiger partial charge in [-0.15, -0.1) is 0 Å². The summed E-state index contributed by atoms with van der Waals surface area (Å²) in [7, 11) is 1.58. The molecular weight excluding hydrogens is 334 g/mol. The van der Waals surface area contributed by atoms with Crippen molar-refractivity contribution in [2.24, 2.45) is 0 Å². The molecule has 0 N–H and O–H groups in total. The van der Waals surface area contributed by atoms with Gasteiger partial charge < -0.3 is 14.4 Å². The zero-order valence-corrected chi connectivity index (χ0v) is 14.5. The third-order valence-electron chi connectivity index (χ3n) is 5.32. The summed E-state index contributed by atoms with van der Waals surface area (Å²) in [5, 5.41) is 0. The molecule has 2 fully saturated rings. The number of methoxy groups -OCH3 is 1. The monoisotopic (exact) mass is 353 g/mol.